The largest absolute Gasteiger partial charge is 0.506 e. The second-order valence-electron chi connectivity index (χ2n) is 8.63. The van der Waals surface area contributed by atoms with Gasteiger partial charge in [0.25, 0.3) is 0 Å². The number of methoxy groups -OCH3 is 2. The predicted octanol–water partition coefficient (Wildman–Crippen LogP) is 3.50. The number of esters is 2. The number of ether oxygens (including phenoxy) is 2. The van der Waals surface area contributed by atoms with Gasteiger partial charge in [0.05, 0.1) is 26.0 Å². The summed E-state index contributed by atoms with van der Waals surface area (Å²) in [7, 11) is 2.47. The number of hydrogen-bond donors (Lipinski definition) is 2. The highest BCUT2D eigenvalue weighted by molar-refractivity contribution is 5.99. The zero-order valence-electron chi connectivity index (χ0n) is 16.4. The molecule has 6 heteroatoms. The Hall–Kier alpha value is -2.50. The van der Waals surface area contributed by atoms with Gasteiger partial charge in [0.15, 0.2) is 0 Å². The monoisotopic (exact) mass is 385 g/mol. The van der Waals surface area contributed by atoms with Crippen molar-refractivity contribution in [2.75, 3.05) is 19.5 Å². The molecule has 0 radical (unpaired) electrons. The smallest absolute Gasteiger partial charge is 0.354 e. The summed E-state index contributed by atoms with van der Waals surface area (Å²) in [5, 5.41) is 13.2. The molecule has 5 rings (SSSR count). The Kier molecular flexibility index (Phi) is 4.81. The molecule has 0 unspecified atom stereocenters. The molecule has 28 heavy (non-hydrogen) atoms. The highest BCUT2D eigenvalue weighted by atomic mass is 16.5. The molecule has 1 aromatic rings. The summed E-state index contributed by atoms with van der Waals surface area (Å²) in [6.07, 6.45) is 8.70. The van der Waals surface area contributed by atoms with E-state index in [1.54, 1.807) is 6.07 Å². The van der Waals surface area contributed by atoms with Gasteiger partial charge in [-0.05, 0) is 79.4 Å². The van der Waals surface area contributed by atoms with Gasteiger partial charge in [-0.15, -0.1) is 0 Å². The van der Waals surface area contributed by atoms with Crippen molar-refractivity contribution in [3.8, 4) is 5.75 Å². The molecule has 0 heterocycles. The van der Waals surface area contributed by atoms with Gasteiger partial charge in [-0.25, -0.2) is 9.59 Å². The fraction of sp³-hybridized carbons (Fsp3) is 0.545. The number of carbonyl (C=O) groups is 2. The summed E-state index contributed by atoms with van der Waals surface area (Å²) < 4.78 is 9.35. The second kappa shape index (κ2) is 7.15. The minimum absolute atomic E-state index is 0.0214. The van der Waals surface area contributed by atoms with Gasteiger partial charge < -0.3 is 19.9 Å². The van der Waals surface area contributed by atoms with Crippen LogP contribution in [0.25, 0.3) is 0 Å². The zero-order chi connectivity index (χ0) is 19.9. The van der Waals surface area contributed by atoms with E-state index in [-0.39, 0.29) is 16.9 Å². The van der Waals surface area contributed by atoms with Crippen LogP contribution in [-0.4, -0.2) is 31.3 Å². The molecule has 2 N–H and O–H groups in total. The maximum atomic E-state index is 12.0. The van der Waals surface area contributed by atoms with Crippen LogP contribution in [0, 0.1) is 17.8 Å². The number of phenols is 1. The third-order valence-electron chi connectivity index (χ3n) is 6.79. The predicted molar refractivity (Wildman–Crippen MR) is 104 cm³/mol. The molecule has 1 aromatic carbocycles. The average molecular weight is 385 g/mol. The summed E-state index contributed by atoms with van der Waals surface area (Å²) in [6.45, 7) is 0. The van der Waals surface area contributed by atoms with E-state index in [0.717, 1.165) is 23.8 Å². The number of phenolic OH excluding ortho intramolecular Hbond substituents is 1. The van der Waals surface area contributed by atoms with Crippen molar-refractivity contribution in [1.29, 1.82) is 0 Å². The molecule has 0 atom stereocenters. The molecule has 4 aliphatic carbocycles. The molecule has 0 spiro atoms. The van der Waals surface area contributed by atoms with Crippen molar-refractivity contribution in [2.24, 2.45) is 17.8 Å². The Morgan fingerprint density at radius 2 is 1.68 bits per heavy atom. The number of anilines is 1. The molecule has 4 bridgehead atoms. The molecule has 0 amide bonds. The molecular weight excluding hydrogens is 358 g/mol. The number of carbonyl (C=O) groups excluding carboxylic acids is 2. The lowest BCUT2D eigenvalue weighted by Gasteiger charge is -2.57. The number of benzene rings is 1. The maximum Gasteiger partial charge on any atom is 0.354 e. The normalized spacial score (nSPS) is 30.8. The Balaban J connectivity index is 1.65. The van der Waals surface area contributed by atoms with E-state index in [1.807, 2.05) is 12.1 Å². The minimum Gasteiger partial charge on any atom is -0.506 e. The van der Waals surface area contributed by atoms with E-state index in [0.29, 0.717) is 5.69 Å². The summed E-state index contributed by atoms with van der Waals surface area (Å²) >= 11 is 0. The summed E-state index contributed by atoms with van der Waals surface area (Å²) in [5.74, 6) is 1.06. The molecule has 0 aliphatic heterocycles. The van der Waals surface area contributed by atoms with Crippen LogP contribution in [0.5, 0.6) is 5.75 Å². The van der Waals surface area contributed by atoms with Gasteiger partial charge in [0.1, 0.15) is 11.4 Å². The van der Waals surface area contributed by atoms with Gasteiger partial charge in [-0.1, -0.05) is 6.07 Å². The summed E-state index contributed by atoms with van der Waals surface area (Å²) in [4.78, 5) is 23.6. The van der Waals surface area contributed by atoms with Crippen LogP contribution in [0.15, 0.2) is 30.0 Å². The van der Waals surface area contributed by atoms with Gasteiger partial charge >= 0.3 is 11.9 Å². The van der Waals surface area contributed by atoms with Crippen molar-refractivity contribution in [2.45, 2.75) is 43.9 Å². The van der Waals surface area contributed by atoms with Crippen molar-refractivity contribution in [3.63, 3.8) is 0 Å². The van der Waals surface area contributed by atoms with Gasteiger partial charge in [0.2, 0.25) is 0 Å². The lowest BCUT2D eigenvalue weighted by Crippen LogP contribution is -2.48. The van der Waals surface area contributed by atoms with E-state index in [1.165, 1.54) is 58.3 Å². The van der Waals surface area contributed by atoms with Crippen LogP contribution in [0.4, 0.5) is 5.69 Å². The Morgan fingerprint density at radius 1 is 1.07 bits per heavy atom. The second-order valence-corrected chi connectivity index (χ2v) is 8.63. The summed E-state index contributed by atoms with van der Waals surface area (Å²) in [6, 6.07) is 5.61. The van der Waals surface area contributed by atoms with E-state index in [9.17, 15) is 14.7 Å². The van der Waals surface area contributed by atoms with Crippen LogP contribution in [0.3, 0.4) is 0 Å². The van der Waals surface area contributed by atoms with Crippen LogP contribution in [0.1, 0.15) is 44.1 Å². The average Bonchev–Trinajstić information content (AvgIpc) is 2.67. The Labute approximate surface area is 164 Å². The first-order valence-electron chi connectivity index (χ1n) is 9.91. The van der Waals surface area contributed by atoms with Gasteiger partial charge in [-0.3, -0.25) is 0 Å². The highest BCUT2D eigenvalue weighted by Crippen LogP contribution is 2.61. The van der Waals surface area contributed by atoms with Crippen molar-refractivity contribution in [1.82, 2.24) is 0 Å². The van der Waals surface area contributed by atoms with Crippen LogP contribution in [0.2, 0.25) is 0 Å². The number of rotatable bonds is 5. The van der Waals surface area contributed by atoms with Crippen LogP contribution < -0.4 is 5.32 Å². The van der Waals surface area contributed by atoms with Crippen molar-refractivity contribution >= 4 is 17.6 Å². The Bertz CT molecular complexity index is 793. The highest BCUT2D eigenvalue weighted by Gasteiger charge is 2.51. The first kappa shape index (κ1) is 18.8. The molecular formula is C22H27NO5. The topological polar surface area (TPSA) is 84.9 Å². The number of aromatic hydroxyl groups is 1. The lowest BCUT2D eigenvalue weighted by atomic mass is 9.48. The molecule has 4 saturated carbocycles. The first-order chi connectivity index (χ1) is 13.4. The molecule has 4 fully saturated rings. The Morgan fingerprint density at radius 3 is 2.21 bits per heavy atom. The fourth-order valence-corrected chi connectivity index (χ4v) is 6.01. The standard InChI is InChI=1S/C22H27NO5/c1-27-20(25)9-18(21(26)28-2)23-17-8-16(3-4-19(17)24)22-10-13-5-14(11-22)7-15(6-13)12-22/h3-4,8-9,13-15,23-24H,5-7,10-12H2,1-2H3/b18-9+. The maximum absolute atomic E-state index is 12.0. The van der Waals surface area contributed by atoms with E-state index in [4.69, 9.17) is 4.74 Å². The summed E-state index contributed by atoms with van der Waals surface area (Å²) in [5.41, 5.74) is 1.69. The third-order valence-corrected chi connectivity index (χ3v) is 6.79. The first-order valence-corrected chi connectivity index (χ1v) is 9.91. The van der Waals surface area contributed by atoms with Gasteiger partial charge in [-0.2, -0.15) is 0 Å². The zero-order valence-corrected chi connectivity index (χ0v) is 16.4. The van der Waals surface area contributed by atoms with E-state index < -0.39 is 11.9 Å². The van der Waals surface area contributed by atoms with Crippen molar-refractivity contribution < 1.29 is 24.2 Å². The van der Waals surface area contributed by atoms with E-state index in [2.05, 4.69) is 10.1 Å². The third kappa shape index (κ3) is 3.36. The van der Waals surface area contributed by atoms with Crippen molar-refractivity contribution in [3.05, 3.63) is 35.5 Å². The van der Waals surface area contributed by atoms with Gasteiger partial charge in [0, 0.05) is 0 Å². The SMILES string of the molecule is COC(=O)/C=C(/Nc1cc(C23CC4CC(CC(C4)C2)C3)ccc1O)C(=O)OC. The van der Waals surface area contributed by atoms with E-state index >= 15 is 0 Å². The lowest BCUT2D eigenvalue weighted by molar-refractivity contribution is -0.138. The number of hydrogen-bond acceptors (Lipinski definition) is 6. The molecule has 6 nitrogen and oxygen atoms in total. The minimum atomic E-state index is -0.704. The van der Waals surface area contributed by atoms with Crippen LogP contribution >= 0.6 is 0 Å². The quantitative estimate of drug-likeness (QED) is 0.458. The molecule has 0 saturated heterocycles. The fourth-order valence-electron chi connectivity index (χ4n) is 6.01. The molecule has 4 aliphatic rings. The van der Waals surface area contributed by atoms with Crippen LogP contribution in [-0.2, 0) is 24.5 Å². The molecule has 150 valence electrons. The number of nitrogens with one attached hydrogen (secondary N) is 1. The molecule has 0 aromatic heterocycles.